The van der Waals surface area contributed by atoms with Gasteiger partial charge in [0, 0.05) is 6.07 Å². The Morgan fingerprint density at radius 3 is 2.53 bits per heavy atom. The number of nitrogens with one attached hydrogen (secondary N) is 1. The van der Waals surface area contributed by atoms with Crippen LogP contribution in [0.25, 0.3) is 4.98 Å². The average Bonchev–Trinajstić information content (AvgIpc) is 2.47. The van der Waals surface area contributed by atoms with Gasteiger partial charge in [0.1, 0.15) is 12.3 Å². The number of benzene rings is 2. The van der Waals surface area contributed by atoms with Crippen molar-refractivity contribution >= 4 is 17.5 Å². The lowest BCUT2D eigenvalue weighted by Gasteiger charge is -2.05. The zero-order valence-corrected chi connectivity index (χ0v) is 10.1. The number of carbonyl (C=O) groups is 1. The molecule has 2 aromatic carbocycles. The van der Waals surface area contributed by atoms with Crippen molar-refractivity contribution in [1.29, 1.82) is 5.39 Å². The largest absolute Gasteiger partial charge is 0.444 e. The van der Waals surface area contributed by atoms with Crippen LogP contribution in [0.3, 0.4) is 0 Å². The number of diazo groups is 1. The van der Waals surface area contributed by atoms with E-state index in [0.29, 0.717) is 5.69 Å². The standard InChI is InChI=1S/C14H11N3O2/c15-17-13-9-5-4-8-12(13)16-14(18)19-10-11-6-2-1-3-7-11/h1-9H,10H2/p+1. The molecule has 19 heavy (non-hydrogen) atoms. The van der Waals surface area contributed by atoms with Crippen molar-refractivity contribution in [3.8, 4) is 0 Å². The highest BCUT2D eigenvalue weighted by Crippen LogP contribution is 2.23. The second kappa shape index (κ2) is 6.17. The number of rotatable bonds is 3. The topological polar surface area (TPSA) is 66.5 Å². The molecule has 2 aromatic rings. The summed E-state index contributed by atoms with van der Waals surface area (Å²) in [5.41, 5.74) is 1.57. The van der Waals surface area contributed by atoms with Crippen LogP contribution in [0.15, 0.2) is 54.6 Å². The van der Waals surface area contributed by atoms with Crippen LogP contribution in [0.5, 0.6) is 0 Å². The summed E-state index contributed by atoms with van der Waals surface area (Å²) in [6.07, 6.45) is -0.597. The van der Waals surface area contributed by atoms with Crippen LogP contribution >= 0.6 is 0 Å². The van der Waals surface area contributed by atoms with Crippen LogP contribution in [-0.2, 0) is 11.3 Å². The van der Waals surface area contributed by atoms with Crippen LogP contribution in [0.2, 0.25) is 0 Å². The monoisotopic (exact) mass is 254 g/mol. The summed E-state index contributed by atoms with van der Waals surface area (Å²) < 4.78 is 5.06. The Hall–Kier alpha value is -2.87. The van der Waals surface area contributed by atoms with Crippen LogP contribution in [0.1, 0.15) is 5.56 Å². The molecule has 0 heterocycles. The van der Waals surface area contributed by atoms with Gasteiger partial charge in [-0.3, -0.25) is 5.32 Å². The predicted molar refractivity (Wildman–Crippen MR) is 71.4 cm³/mol. The number of amides is 1. The van der Waals surface area contributed by atoms with E-state index in [1.54, 1.807) is 24.3 Å². The predicted octanol–water partition coefficient (Wildman–Crippen LogP) is 3.92. The number of ether oxygens (including phenoxy) is 1. The summed E-state index contributed by atoms with van der Waals surface area (Å²) in [6.45, 7) is 0.186. The zero-order chi connectivity index (χ0) is 13.5. The maximum atomic E-state index is 11.6. The third-order valence-electron chi connectivity index (χ3n) is 2.46. The van der Waals surface area contributed by atoms with Crippen LogP contribution in [-0.4, -0.2) is 6.09 Å². The van der Waals surface area contributed by atoms with E-state index in [2.05, 4.69) is 10.3 Å². The Morgan fingerprint density at radius 1 is 1.11 bits per heavy atom. The van der Waals surface area contributed by atoms with E-state index in [1.807, 2.05) is 30.3 Å². The van der Waals surface area contributed by atoms with Crippen molar-refractivity contribution in [3.63, 3.8) is 0 Å². The van der Waals surface area contributed by atoms with Crippen molar-refractivity contribution in [1.82, 2.24) is 0 Å². The minimum atomic E-state index is -0.597. The van der Waals surface area contributed by atoms with Crippen molar-refractivity contribution in [3.05, 3.63) is 65.1 Å². The van der Waals surface area contributed by atoms with E-state index in [9.17, 15) is 4.79 Å². The molecule has 0 aliphatic heterocycles. The molecule has 0 radical (unpaired) electrons. The van der Waals surface area contributed by atoms with Gasteiger partial charge in [0.2, 0.25) is 5.39 Å². The fourth-order valence-corrected chi connectivity index (χ4v) is 1.54. The summed E-state index contributed by atoms with van der Waals surface area (Å²) >= 11 is 0. The van der Waals surface area contributed by atoms with Crippen LogP contribution in [0, 0.1) is 5.39 Å². The first-order valence-electron chi connectivity index (χ1n) is 5.71. The van der Waals surface area contributed by atoms with Gasteiger partial charge >= 0.3 is 11.8 Å². The van der Waals surface area contributed by atoms with E-state index in [4.69, 9.17) is 10.1 Å². The Kier molecular flexibility index (Phi) is 4.09. The lowest BCUT2D eigenvalue weighted by Crippen LogP contribution is -2.13. The Morgan fingerprint density at radius 2 is 1.79 bits per heavy atom. The first-order chi connectivity index (χ1) is 9.29. The van der Waals surface area contributed by atoms with Gasteiger partial charge in [-0.2, -0.15) is 0 Å². The van der Waals surface area contributed by atoms with Crippen LogP contribution in [0.4, 0.5) is 16.2 Å². The van der Waals surface area contributed by atoms with Crippen molar-refractivity contribution in [2.45, 2.75) is 6.61 Å². The molecule has 0 aromatic heterocycles. The maximum absolute atomic E-state index is 11.6. The molecule has 2 rings (SSSR count). The minimum Gasteiger partial charge on any atom is -0.444 e. The van der Waals surface area contributed by atoms with Gasteiger partial charge in [-0.05, 0) is 11.6 Å². The van der Waals surface area contributed by atoms with Crippen LogP contribution < -0.4 is 5.32 Å². The lowest BCUT2D eigenvalue weighted by atomic mass is 10.2. The first-order valence-corrected chi connectivity index (χ1v) is 5.71. The first kappa shape index (κ1) is 12.6. The molecule has 0 saturated carbocycles. The normalized spacial score (nSPS) is 9.42. The maximum Gasteiger partial charge on any atom is 0.412 e. The molecule has 0 unspecified atom stereocenters. The Balaban J connectivity index is 1.93. The average molecular weight is 254 g/mol. The van der Waals surface area contributed by atoms with Crippen molar-refractivity contribution in [2.75, 3.05) is 5.32 Å². The van der Waals surface area contributed by atoms with Gasteiger partial charge in [0.05, 0.1) is 0 Å². The third kappa shape index (κ3) is 3.54. The molecule has 1 N–H and O–H groups in total. The highest BCUT2D eigenvalue weighted by Gasteiger charge is 2.15. The molecule has 0 aliphatic carbocycles. The Labute approximate surface area is 110 Å². The van der Waals surface area contributed by atoms with Crippen molar-refractivity contribution in [2.24, 2.45) is 0 Å². The second-order valence-electron chi connectivity index (χ2n) is 3.80. The smallest absolute Gasteiger partial charge is 0.412 e. The quantitative estimate of drug-likeness (QED) is 0.844. The fourth-order valence-electron chi connectivity index (χ4n) is 1.54. The van der Waals surface area contributed by atoms with E-state index in [1.165, 1.54) is 0 Å². The molecule has 0 fully saturated rings. The van der Waals surface area contributed by atoms with Gasteiger partial charge in [-0.1, -0.05) is 42.5 Å². The molecule has 0 saturated heterocycles. The van der Waals surface area contributed by atoms with Crippen molar-refractivity contribution < 1.29 is 9.53 Å². The number of carbonyl (C=O) groups excluding carboxylic acids is 1. The number of anilines is 1. The molecular formula is C14H12N3O2+. The Bertz CT molecular complexity index is 606. The molecule has 5 heteroatoms. The molecule has 0 bridgehead atoms. The molecule has 94 valence electrons. The van der Waals surface area contributed by atoms with Gasteiger partial charge in [0.15, 0.2) is 4.98 Å². The molecule has 0 atom stereocenters. The highest BCUT2D eigenvalue weighted by atomic mass is 16.5. The third-order valence-corrected chi connectivity index (χ3v) is 2.46. The van der Waals surface area contributed by atoms with Gasteiger partial charge in [-0.25, -0.2) is 4.79 Å². The van der Waals surface area contributed by atoms with Gasteiger partial charge in [0.25, 0.3) is 0 Å². The molecular weight excluding hydrogens is 242 g/mol. The summed E-state index contributed by atoms with van der Waals surface area (Å²) in [5.74, 6) is 0. The zero-order valence-electron chi connectivity index (χ0n) is 10.1. The van der Waals surface area contributed by atoms with E-state index in [0.717, 1.165) is 5.56 Å². The summed E-state index contributed by atoms with van der Waals surface area (Å²) in [6, 6.07) is 16.0. The molecule has 0 aliphatic rings. The SMILES string of the molecule is N#[N+]c1ccccc1NC(=O)OCc1ccccc1. The number of hydrogen-bond donors (Lipinski definition) is 1. The second-order valence-corrected chi connectivity index (χ2v) is 3.80. The number of para-hydroxylation sites is 1. The minimum absolute atomic E-state index is 0.186. The fraction of sp³-hybridized carbons (Fsp3) is 0.0714. The highest BCUT2D eigenvalue weighted by molar-refractivity contribution is 5.89. The lowest BCUT2D eigenvalue weighted by molar-refractivity contribution is 0.155. The summed E-state index contributed by atoms with van der Waals surface area (Å²) in [5, 5.41) is 11.3. The van der Waals surface area contributed by atoms with E-state index in [-0.39, 0.29) is 12.3 Å². The molecule has 0 spiro atoms. The molecule has 1 amide bonds. The number of nitrogens with zero attached hydrogens (tertiary/aromatic N) is 2. The van der Waals surface area contributed by atoms with Gasteiger partial charge < -0.3 is 4.74 Å². The molecule has 5 nitrogen and oxygen atoms in total. The number of hydrogen-bond acceptors (Lipinski definition) is 3. The summed E-state index contributed by atoms with van der Waals surface area (Å²) in [4.78, 5) is 14.7. The van der Waals surface area contributed by atoms with Gasteiger partial charge in [-0.15, -0.1) is 0 Å². The summed E-state index contributed by atoms with van der Waals surface area (Å²) in [7, 11) is 0. The van der Waals surface area contributed by atoms with E-state index >= 15 is 0 Å². The van der Waals surface area contributed by atoms with E-state index < -0.39 is 6.09 Å².